The van der Waals surface area contributed by atoms with E-state index in [9.17, 15) is 9.59 Å². The lowest BCUT2D eigenvalue weighted by Gasteiger charge is -2.18. The topological polar surface area (TPSA) is 210 Å². The Balaban J connectivity index is 0.000000301. The number of benzene rings is 2. The van der Waals surface area contributed by atoms with Gasteiger partial charge in [0.15, 0.2) is 11.9 Å². The molecule has 0 bridgehead atoms. The van der Waals surface area contributed by atoms with Crippen LogP contribution in [0.15, 0.2) is 46.4 Å². The first-order valence-corrected chi connectivity index (χ1v) is 19.1. The highest BCUT2D eigenvalue weighted by atomic mass is 16.5. The lowest BCUT2D eigenvalue weighted by atomic mass is 10.2. The van der Waals surface area contributed by atoms with Crippen molar-refractivity contribution in [3.8, 4) is 23.0 Å². The highest BCUT2D eigenvalue weighted by Gasteiger charge is 2.19. The number of ether oxygens (including phenoxy) is 4. The first-order valence-electron chi connectivity index (χ1n) is 19.1. The number of H-pyrrole nitrogens is 2. The summed E-state index contributed by atoms with van der Waals surface area (Å²) in [5.41, 5.74) is 13.4. The molecule has 2 amide bonds. The SMILES string of the molecule is CCN(CC)CCCOc1ccc(OC(C)C)c2cc(C(=O)NC(N)=NC)[nH]c12.CN=C(N)NC(=O)c1cc2c(OC(C)C)ccc(OCCCN(C)C)c2[nH]1. The number of guanidine groups is 2. The van der Waals surface area contributed by atoms with Crippen LogP contribution in [-0.2, 0) is 0 Å². The number of carbonyl (C=O) groups excluding carboxylic acids is 2. The monoisotopic (exact) mass is 778 g/mol. The van der Waals surface area contributed by atoms with E-state index in [-0.39, 0.29) is 35.9 Å². The lowest BCUT2D eigenvalue weighted by molar-refractivity contribution is 0.0964. The van der Waals surface area contributed by atoms with E-state index < -0.39 is 0 Å². The van der Waals surface area contributed by atoms with Gasteiger partial charge >= 0.3 is 0 Å². The quantitative estimate of drug-likeness (QED) is 0.0466. The van der Waals surface area contributed by atoms with Crippen LogP contribution in [0.3, 0.4) is 0 Å². The molecule has 0 saturated heterocycles. The maximum atomic E-state index is 12.4. The number of aromatic amines is 2. The van der Waals surface area contributed by atoms with E-state index in [2.05, 4.69) is 54.2 Å². The van der Waals surface area contributed by atoms with Gasteiger partial charge in [-0.2, -0.15) is 0 Å². The van der Waals surface area contributed by atoms with Crippen molar-refractivity contribution in [1.29, 1.82) is 0 Å². The summed E-state index contributed by atoms with van der Waals surface area (Å²) < 4.78 is 23.7. The third kappa shape index (κ3) is 13.4. The van der Waals surface area contributed by atoms with Crippen LogP contribution in [0.5, 0.6) is 23.0 Å². The summed E-state index contributed by atoms with van der Waals surface area (Å²) in [6, 6.07) is 10.9. The molecular formula is C40H62N10O6. The molecule has 56 heavy (non-hydrogen) atoms. The summed E-state index contributed by atoms with van der Waals surface area (Å²) in [5.74, 6) is 2.11. The highest BCUT2D eigenvalue weighted by Crippen LogP contribution is 2.35. The van der Waals surface area contributed by atoms with Gasteiger partial charge in [0.05, 0.1) is 36.5 Å². The molecule has 16 nitrogen and oxygen atoms in total. The third-order valence-corrected chi connectivity index (χ3v) is 8.39. The summed E-state index contributed by atoms with van der Waals surface area (Å²) in [5, 5.41) is 6.63. The van der Waals surface area contributed by atoms with Gasteiger partial charge in [-0.3, -0.25) is 30.2 Å². The summed E-state index contributed by atoms with van der Waals surface area (Å²) >= 11 is 0. The predicted octanol–water partition coefficient (Wildman–Crippen LogP) is 4.70. The average Bonchev–Trinajstić information content (AvgIpc) is 3.82. The van der Waals surface area contributed by atoms with E-state index in [1.54, 1.807) is 12.1 Å². The highest BCUT2D eigenvalue weighted by molar-refractivity contribution is 6.08. The Kier molecular flexibility index (Phi) is 17.8. The second-order valence-corrected chi connectivity index (χ2v) is 13.8. The van der Waals surface area contributed by atoms with Crippen LogP contribution in [0.4, 0.5) is 0 Å². The largest absolute Gasteiger partial charge is 0.491 e. The molecule has 308 valence electrons. The molecule has 0 spiro atoms. The Labute approximate surface area is 330 Å². The standard InChI is InChI=1S/C21H33N5O3.C19H29N5O3/c1-6-26(7-2)11-8-12-28-18-10-9-17(29-14(3)4)15-13-16(24-19(15)18)20(27)25-21(22)23-5;1-12(2)27-15-7-8-16(26-10-6-9-24(4)5)17-13(15)11-14(22-17)18(25)23-19(20)21-3/h9-10,13-14,24H,6-8,11-12H2,1-5H3,(H3,22,23,25,27);7-8,11-12,22H,6,9-10H2,1-5H3,(H3,20,21,23,25). The van der Waals surface area contributed by atoms with Crippen molar-refractivity contribution in [2.75, 3.05) is 67.6 Å². The molecule has 2 aromatic heterocycles. The van der Waals surface area contributed by atoms with Crippen LogP contribution < -0.4 is 41.0 Å². The second kappa shape index (κ2) is 22.2. The predicted molar refractivity (Wildman–Crippen MR) is 225 cm³/mol. The van der Waals surface area contributed by atoms with Crippen molar-refractivity contribution in [2.45, 2.75) is 66.6 Å². The number of fused-ring (bicyclic) bond motifs is 2. The first kappa shape index (κ1) is 44.9. The molecule has 0 radical (unpaired) electrons. The van der Waals surface area contributed by atoms with E-state index in [4.69, 9.17) is 30.4 Å². The molecule has 2 heterocycles. The van der Waals surface area contributed by atoms with Crippen molar-refractivity contribution in [1.82, 2.24) is 30.4 Å². The van der Waals surface area contributed by atoms with Gasteiger partial charge in [-0.15, -0.1) is 0 Å². The van der Waals surface area contributed by atoms with Crippen molar-refractivity contribution in [3.05, 3.63) is 47.8 Å². The number of aromatic nitrogens is 2. The number of aliphatic imine (C=N–C) groups is 2. The Hall–Kier alpha value is -5.48. The molecule has 0 atom stereocenters. The van der Waals surface area contributed by atoms with Gasteiger partial charge in [-0.05, 0) is 104 Å². The van der Waals surface area contributed by atoms with Gasteiger partial charge in [-0.1, -0.05) is 13.8 Å². The smallest absolute Gasteiger partial charge is 0.274 e. The number of hydrogen-bond donors (Lipinski definition) is 6. The molecule has 0 unspecified atom stereocenters. The van der Waals surface area contributed by atoms with Crippen LogP contribution in [0.1, 0.15) is 75.4 Å². The van der Waals surface area contributed by atoms with E-state index >= 15 is 0 Å². The molecule has 0 fully saturated rings. The minimum Gasteiger partial charge on any atom is -0.491 e. The van der Waals surface area contributed by atoms with Crippen molar-refractivity contribution in [2.24, 2.45) is 21.5 Å². The third-order valence-electron chi connectivity index (χ3n) is 8.39. The van der Waals surface area contributed by atoms with Gasteiger partial charge in [0.25, 0.3) is 11.8 Å². The number of rotatable bonds is 18. The zero-order valence-electron chi connectivity index (χ0n) is 34.7. The van der Waals surface area contributed by atoms with Crippen LogP contribution in [-0.4, -0.2) is 123 Å². The number of nitrogens with zero attached hydrogens (tertiary/aromatic N) is 4. The fourth-order valence-electron chi connectivity index (χ4n) is 5.59. The van der Waals surface area contributed by atoms with Crippen LogP contribution in [0.25, 0.3) is 21.8 Å². The number of amides is 2. The minimum absolute atomic E-state index is 0.00841. The minimum atomic E-state index is -0.372. The van der Waals surface area contributed by atoms with E-state index in [1.807, 2.05) is 66.1 Å². The van der Waals surface area contributed by atoms with Gasteiger partial charge in [0.2, 0.25) is 0 Å². The second-order valence-electron chi connectivity index (χ2n) is 13.8. The van der Waals surface area contributed by atoms with Crippen molar-refractivity contribution < 1.29 is 28.5 Å². The molecule has 0 aliphatic heterocycles. The van der Waals surface area contributed by atoms with E-state index in [0.29, 0.717) is 47.6 Å². The Morgan fingerprint density at radius 1 is 0.696 bits per heavy atom. The van der Waals surface area contributed by atoms with Gasteiger partial charge in [-0.25, -0.2) is 0 Å². The van der Waals surface area contributed by atoms with Crippen LogP contribution in [0, 0.1) is 0 Å². The molecule has 4 rings (SSSR count). The van der Waals surface area contributed by atoms with E-state index in [0.717, 1.165) is 60.8 Å². The van der Waals surface area contributed by atoms with Crippen LogP contribution in [0.2, 0.25) is 0 Å². The Morgan fingerprint density at radius 3 is 1.45 bits per heavy atom. The molecular weight excluding hydrogens is 717 g/mol. The summed E-state index contributed by atoms with van der Waals surface area (Å²) in [4.78, 5) is 43.0. The summed E-state index contributed by atoms with van der Waals surface area (Å²) in [6.45, 7) is 17.3. The van der Waals surface area contributed by atoms with E-state index in [1.165, 1.54) is 14.1 Å². The van der Waals surface area contributed by atoms with Crippen molar-refractivity contribution in [3.63, 3.8) is 0 Å². The number of carbonyl (C=O) groups is 2. The Bertz CT molecular complexity index is 1930. The Morgan fingerprint density at radius 2 is 1.09 bits per heavy atom. The molecule has 0 aliphatic rings. The van der Waals surface area contributed by atoms with Gasteiger partial charge in [0, 0.05) is 38.0 Å². The average molecular weight is 779 g/mol. The summed E-state index contributed by atoms with van der Waals surface area (Å²) in [7, 11) is 7.07. The lowest BCUT2D eigenvalue weighted by Crippen LogP contribution is -2.36. The fourth-order valence-corrected chi connectivity index (χ4v) is 5.59. The molecule has 4 aromatic rings. The molecule has 0 saturated carbocycles. The number of nitrogens with one attached hydrogen (secondary N) is 4. The van der Waals surface area contributed by atoms with Crippen LogP contribution >= 0.6 is 0 Å². The first-order chi connectivity index (χ1) is 26.7. The molecule has 0 aliphatic carbocycles. The summed E-state index contributed by atoms with van der Waals surface area (Å²) in [6.07, 6.45) is 1.84. The maximum Gasteiger partial charge on any atom is 0.274 e. The molecule has 8 N–H and O–H groups in total. The number of nitrogens with two attached hydrogens (primary N) is 2. The molecule has 16 heteroatoms. The van der Waals surface area contributed by atoms with Gasteiger partial charge < -0.3 is 50.2 Å². The maximum absolute atomic E-state index is 12.4. The zero-order valence-corrected chi connectivity index (χ0v) is 34.7. The van der Waals surface area contributed by atoms with Gasteiger partial charge in [0.1, 0.15) is 34.4 Å². The number of hydrogen-bond acceptors (Lipinski definition) is 10. The normalized spacial score (nSPS) is 12.0. The van der Waals surface area contributed by atoms with Crippen molar-refractivity contribution >= 4 is 45.5 Å². The zero-order chi connectivity index (χ0) is 41.4. The fraction of sp³-hybridized carbons (Fsp3) is 0.500. The molecule has 2 aromatic carbocycles.